The van der Waals surface area contributed by atoms with Crippen LogP contribution in [0, 0.1) is 0 Å². The zero-order valence-corrected chi connectivity index (χ0v) is 7.77. The molecule has 0 aromatic carbocycles. The molecular formula is C8H6BrN3. The predicted octanol–water partition coefficient (Wildman–Crippen LogP) is 2.03. The fourth-order valence-electron chi connectivity index (χ4n) is 0.940. The summed E-state index contributed by atoms with van der Waals surface area (Å²) in [7, 11) is 0. The number of hydrogen-bond donors (Lipinski definition) is 0. The minimum absolute atomic E-state index is 0.808. The van der Waals surface area contributed by atoms with Gasteiger partial charge in [0.15, 0.2) is 5.82 Å². The van der Waals surface area contributed by atoms with E-state index in [-0.39, 0.29) is 0 Å². The molecule has 3 nitrogen and oxygen atoms in total. The monoisotopic (exact) mass is 223 g/mol. The van der Waals surface area contributed by atoms with Crippen molar-refractivity contribution in [1.29, 1.82) is 0 Å². The highest BCUT2D eigenvalue weighted by Crippen LogP contribution is 2.16. The summed E-state index contributed by atoms with van der Waals surface area (Å²) in [6.45, 7) is 0. The Labute approximate surface area is 78.2 Å². The number of pyridine rings is 1. The van der Waals surface area contributed by atoms with E-state index in [1.807, 2.05) is 24.4 Å². The van der Waals surface area contributed by atoms with Crippen molar-refractivity contribution in [2.24, 2.45) is 0 Å². The van der Waals surface area contributed by atoms with Gasteiger partial charge >= 0.3 is 0 Å². The molecular weight excluding hydrogens is 218 g/mol. The van der Waals surface area contributed by atoms with Crippen molar-refractivity contribution in [1.82, 2.24) is 14.8 Å². The van der Waals surface area contributed by atoms with Crippen LogP contribution in [0.3, 0.4) is 0 Å². The van der Waals surface area contributed by atoms with E-state index in [1.165, 1.54) is 0 Å². The van der Waals surface area contributed by atoms with E-state index in [1.54, 1.807) is 17.1 Å². The second kappa shape index (κ2) is 3.06. The van der Waals surface area contributed by atoms with Gasteiger partial charge in [-0.2, -0.15) is 5.10 Å². The molecule has 2 heterocycles. The van der Waals surface area contributed by atoms with Crippen LogP contribution in [0.25, 0.3) is 5.82 Å². The van der Waals surface area contributed by atoms with Crippen LogP contribution in [0.4, 0.5) is 0 Å². The van der Waals surface area contributed by atoms with Gasteiger partial charge in [-0.1, -0.05) is 0 Å². The Morgan fingerprint density at radius 2 is 2.17 bits per heavy atom. The van der Waals surface area contributed by atoms with E-state index in [2.05, 4.69) is 26.0 Å². The second-order valence-corrected chi connectivity index (χ2v) is 3.11. The van der Waals surface area contributed by atoms with E-state index in [4.69, 9.17) is 0 Å². The lowest BCUT2D eigenvalue weighted by atomic mass is 10.5. The van der Waals surface area contributed by atoms with Crippen molar-refractivity contribution >= 4 is 15.9 Å². The first-order chi connectivity index (χ1) is 5.88. The van der Waals surface area contributed by atoms with E-state index >= 15 is 0 Å². The summed E-state index contributed by atoms with van der Waals surface area (Å²) in [5.41, 5.74) is 0. The maximum atomic E-state index is 4.17. The number of rotatable bonds is 1. The summed E-state index contributed by atoms with van der Waals surface area (Å²) in [4.78, 5) is 4.17. The van der Waals surface area contributed by atoms with Crippen LogP contribution in [0.15, 0.2) is 41.3 Å². The average Bonchev–Trinajstić information content (AvgIpc) is 2.57. The first kappa shape index (κ1) is 7.49. The maximum absolute atomic E-state index is 4.17. The third-order valence-corrected chi connectivity index (χ3v) is 2.08. The summed E-state index contributed by atoms with van der Waals surface area (Å²) in [5, 5.41) is 4.07. The molecule has 0 saturated carbocycles. The number of nitrogens with zero attached hydrogens (tertiary/aromatic N) is 3. The molecule has 0 unspecified atom stereocenters. The van der Waals surface area contributed by atoms with Gasteiger partial charge in [0.25, 0.3) is 0 Å². The van der Waals surface area contributed by atoms with Crippen molar-refractivity contribution < 1.29 is 0 Å². The quantitative estimate of drug-likeness (QED) is 0.741. The van der Waals surface area contributed by atoms with Gasteiger partial charge < -0.3 is 0 Å². The van der Waals surface area contributed by atoms with Gasteiger partial charge in [-0.05, 0) is 34.1 Å². The Bertz CT molecular complexity index is 370. The first-order valence-electron chi connectivity index (χ1n) is 3.48. The fourth-order valence-corrected chi connectivity index (χ4v) is 1.38. The van der Waals surface area contributed by atoms with Crippen molar-refractivity contribution in [3.05, 3.63) is 41.3 Å². The summed E-state index contributed by atoms with van der Waals surface area (Å²) in [6, 6.07) is 5.67. The Hall–Kier alpha value is -1.16. The van der Waals surface area contributed by atoms with Crippen LogP contribution >= 0.6 is 15.9 Å². The highest BCUT2D eigenvalue weighted by molar-refractivity contribution is 9.10. The maximum Gasteiger partial charge on any atom is 0.167 e. The SMILES string of the molecule is Brc1cccnc1-n1cccn1. The molecule has 2 rings (SSSR count). The van der Waals surface area contributed by atoms with Gasteiger partial charge in [0.2, 0.25) is 0 Å². The molecule has 2 aromatic rings. The molecule has 0 spiro atoms. The zero-order chi connectivity index (χ0) is 8.39. The van der Waals surface area contributed by atoms with Crippen LogP contribution in [-0.2, 0) is 0 Å². The molecule has 4 heteroatoms. The lowest BCUT2D eigenvalue weighted by Gasteiger charge is -2.00. The Morgan fingerprint density at radius 3 is 2.83 bits per heavy atom. The van der Waals surface area contributed by atoms with Gasteiger partial charge in [-0.3, -0.25) is 0 Å². The molecule has 0 saturated heterocycles. The van der Waals surface area contributed by atoms with Gasteiger partial charge in [-0.25, -0.2) is 9.67 Å². The van der Waals surface area contributed by atoms with Crippen LogP contribution < -0.4 is 0 Å². The predicted molar refractivity (Wildman–Crippen MR) is 49.1 cm³/mol. The van der Waals surface area contributed by atoms with Crippen molar-refractivity contribution in [2.45, 2.75) is 0 Å². The third kappa shape index (κ3) is 1.25. The molecule has 0 N–H and O–H groups in total. The van der Waals surface area contributed by atoms with Crippen molar-refractivity contribution in [3.8, 4) is 5.82 Å². The molecule has 12 heavy (non-hydrogen) atoms. The third-order valence-electron chi connectivity index (χ3n) is 1.46. The van der Waals surface area contributed by atoms with E-state index in [0.29, 0.717) is 0 Å². The highest BCUT2D eigenvalue weighted by atomic mass is 79.9. The first-order valence-corrected chi connectivity index (χ1v) is 4.28. The molecule has 0 radical (unpaired) electrons. The van der Waals surface area contributed by atoms with Crippen molar-refractivity contribution in [3.63, 3.8) is 0 Å². The average molecular weight is 224 g/mol. The van der Waals surface area contributed by atoms with Crippen LogP contribution in [-0.4, -0.2) is 14.8 Å². The zero-order valence-electron chi connectivity index (χ0n) is 6.18. The fraction of sp³-hybridized carbons (Fsp3) is 0. The van der Waals surface area contributed by atoms with E-state index < -0.39 is 0 Å². The Balaban J connectivity index is 2.55. The second-order valence-electron chi connectivity index (χ2n) is 2.26. The molecule has 0 fully saturated rings. The Morgan fingerprint density at radius 1 is 1.25 bits per heavy atom. The number of halogens is 1. The van der Waals surface area contributed by atoms with Crippen LogP contribution in [0.2, 0.25) is 0 Å². The molecule has 0 aliphatic carbocycles. The van der Waals surface area contributed by atoms with Gasteiger partial charge in [0.05, 0.1) is 4.47 Å². The molecule has 0 aliphatic rings. The molecule has 0 amide bonds. The van der Waals surface area contributed by atoms with Gasteiger partial charge in [-0.15, -0.1) is 0 Å². The molecule has 60 valence electrons. The van der Waals surface area contributed by atoms with Gasteiger partial charge in [0, 0.05) is 18.6 Å². The molecule has 2 aromatic heterocycles. The minimum atomic E-state index is 0.808. The van der Waals surface area contributed by atoms with Gasteiger partial charge in [0.1, 0.15) is 0 Å². The smallest absolute Gasteiger partial charge is 0.167 e. The minimum Gasteiger partial charge on any atom is -0.236 e. The van der Waals surface area contributed by atoms with Crippen LogP contribution in [0.5, 0.6) is 0 Å². The highest BCUT2D eigenvalue weighted by Gasteiger charge is 2.00. The normalized spacial score (nSPS) is 10.1. The lowest BCUT2D eigenvalue weighted by molar-refractivity contribution is 0.842. The summed E-state index contributed by atoms with van der Waals surface area (Å²) < 4.78 is 2.65. The molecule has 0 atom stereocenters. The standard InChI is InChI=1S/C8H6BrN3/c9-7-3-1-4-10-8(7)12-6-2-5-11-12/h1-6H. The summed E-state index contributed by atoms with van der Waals surface area (Å²) in [5.74, 6) is 0.808. The van der Waals surface area contributed by atoms with Crippen molar-refractivity contribution in [2.75, 3.05) is 0 Å². The number of hydrogen-bond acceptors (Lipinski definition) is 2. The van der Waals surface area contributed by atoms with E-state index in [9.17, 15) is 0 Å². The number of aromatic nitrogens is 3. The largest absolute Gasteiger partial charge is 0.236 e. The molecule has 0 aliphatic heterocycles. The Kier molecular flexibility index (Phi) is 1.91. The topological polar surface area (TPSA) is 30.7 Å². The summed E-state index contributed by atoms with van der Waals surface area (Å²) >= 11 is 3.39. The lowest BCUT2D eigenvalue weighted by Crippen LogP contribution is -1.97. The summed E-state index contributed by atoms with van der Waals surface area (Å²) in [6.07, 6.45) is 5.32. The van der Waals surface area contributed by atoms with Crippen LogP contribution in [0.1, 0.15) is 0 Å². The van der Waals surface area contributed by atoms with E-state index in [0.717, 1.165) is 10.3 Å². The molecule has 0 bridgehead atoms.